The second-order valence-electron chi connectivity index (χ2n) is 5.00. The number of aliphatic hydroxyl groups excluding tert-OH is 1. The highest BCUT2D eigenvalue weighted by Gasteiger charge is 2.22. The second kappa shape index (κ2) is 5.61. The predicted octanol–water partition coefficient (Wildman–Crippen LogP) is 2.13. The van der Waals surface area contributed by atoms with Crippen LogP contribution in [0.3, 0.4) is 0 Å². The monoisotopic (exact) mass is 187 g/mol. The molecule has 0 aliphatic heterocycles. The molecule has 2 nitrogen and oxygen atoms in total. The summed E-state index contributed by atoms with van der Waals surface area (Å²) >= 11 is 0. The molecule has 0 aromatic rings. The SMILES string of the molecule is CCCCN(C)CC(O)C(C)(C)C. The van der Waals surface area contributed by atoms with Gasteiger partial charge in [-0.15, -0.1) is 0 Å². The molecule has 0 aliphatic rings. The summed E-state index contributed by atoms with van der Waals surface area (Å²) in [6.07, 6.45) is 2.21. The van der Waals surface area contributed by atoms with E-state index in [1.54, 1.807) is 0 Å². The Labute approximate surface area is 82.9 Å². The van der Waals surface area contributed by atoms with Gasteiger partial charge in [-0.3, -0.25) is 0 Å². The van der Waals surface area contributed by atoms with E-state index in [0.717, 1.165) is 13.1 Å². The van der Waals surface area contributed by atoms with Gasteiger partial charge in [0, 0.05) is 6.54 Å². The van der Waals surface area contributed by atoms with Crippen molar-refractivity contribution in [1.82, 2.24) is 4.90 Å². The molecule has 1 N–H and O–H groups in total. The van der Waals surface area contributed by atoms with E-state index in [0.29, 0.717) is 0 Å². The van der Waals surface area contributed by atoms with E-state index in [1.165, 1.54) is 12.8 Å². The fourth-order valence-corrected chi connectivity index (χ4v) is 1.09. The van der Waals surface area contributed by atoms with Gasteiger partial charge in [0.05, 0.1) is 6.10 Å². The van der Waals surface area contributed by atoms with Crippen molar-refractivity contribution in [3.8, 4) is 0 Å². The highest BCUT2D eigenvalue weighted by atomic mass is 16.3. The van der Waals surface area contributed by atoms with Crippen LogP contribution in [0.4, 0.5) is 0 Å². The van der Waals surface area contributed by atoms with Crippen molar-refractivity contribution in [3.63, 3.8) is 0 Å². The van der Waals surface area contributed by atoms with Gasteiger partial charge in [-0.1, -0.05) is 34.1 Å². The molecule has 13 heavy (non-hydrogen) atoms. The largest absolute Gasteiger partial charge is 0.391 e. The van der Waals surface area contributed by atoms with Crippen molar-refractivity contribution in [2.24, 2.45) is 5.41 Å². The lowest BCUT2D eigenvalue weighted by Crippen LogP contribution is -2.38. The first-order chi connectivity index (χ1) is 5.88. The zero-order valence-electron chi connectivity index (χ0n) is 9.80. The molecule has 0 aliphatic carbocycles. The van der Waals surface area contributed by atoms with Gasteiger partial charge in [0.1, 0.15) is 0 Å². The lowest BCUT2D eigenvalue weighted by molar-refractivity contribution is 0.0348. The van der Waals surface area contributed by atoms with Gasteiger partial charge in [0.2, 0.25) is 0 Å². The Morgan fingerprint density at radius 2 is 1.85 bits per heavy atom. The molecule has 0 bridgehead atoms. The van der Waals surface area contributed by atoms with Crippen LogP contribution >= 0.6 is 0 Å². The summed E-state index contributed by atoms with van der Waals surface area (Å²) in [5.74, 6) is 0. The molecule has 0 radical (unpaired) electrons. The molecule has 0 fully saturated rings. The number of rotatable bonds is 5. The molecule has 0 spiro atoms. The first-order valence-corrected chi connectivity index (χ1v) is 5.24. The molecule has 0 saturated carbocycles. The Hall–Kier alpha value is -0.0800. The first-order valence-electron chi connectivity index (χ1n) is 5.24. The van der Waals surface area contributed by atoms with Crippen LogP contribution in [0.1, 0.15) is 40.5 Å². The Balaban J connectivity index is 3.71. The third kappa shape index (κ3) is 6.05. The highest BCUT2D eigenvalue weighted by Crippen LogP contribution is 2.19. The summed E-state index contributed by atoms with van der Waals surface area (Å²) in [5, 5.41) is 9.81. The van der Waals surface area contributed by atoms with Crippen molar-refractivity contribution >= 4 is 0 Å². The Morgan fingerprint density at radius 1 is 1.31 bits per heavy atom. The number of aliphatic hydroxyl groups is 1. The van der Waals surface area contributed by atoms with Crippen LogP contribution in [0, 0.1) is 5.41 Å². The minimum atomic E-state index is -0.227. The van der Waals surface area contributed by atoms with Crippen molar-refractivity contribution in [1.29, 1.82) is 0 Å². The van der Waals surface area contributed by atoms with E-state index in [2.05, 4.69) is 39.6 Å². The van der Waals surface area contributed by atoms with E-state index in [9.17, 15) is 5.11 Å². The van der Waals surface area contributed by atoms with E-state index in [-0.39, 0.29) is 11.5 Å². The third-order valence-corrected chi connectivity index (χ3v) is 2.38. The van der Waals surface area contributed by atoms with Crippen LogP contribution < -0.4 is 0 Å². The quantitative estimate of drug-likeness (QED) is 0.712. The van der Waals surface area contributed by atoms with E-state index in [1.807, 2.05) is 0 Å². The topological polar surface area (TPSA) is 23.5 Å². The molecule has 0 saturated heterocycles. The van der Waals surface area contributed by atoms with Crippen molar-refractivity contribution < 1.29 is 5.11 Å². The second-order valence-corrected chi connectivity index (χ2v) is 5.00. The van der Waals surface area contributed by atoms with Crippen molar-refractivity contribution in [2.75, 3.05) is 20.1 Å². The number of likely N-dealkylation sites (N-methyl/N-ethyl adjacent to an activating group) is 1. The summed E-state index contributed by atoms with van der Waals surface area (Å²) in [5.41, 5.74) is 0.000471. The zero-order valence-corrected chi connectivity index (χ0v) is 9.80. The smallest absolute Gasteiger partial charge is 0.0715 e. The Morgan fingerprint density at radius 3 is 2.23 bits per heavy atom. The molecule has 0 aromatic heterocycles. The lowest BCUT2D eigenvalue weighted by Gasteiger charge is -2.29. The Kier molecular flexibility index (Phi) is 5.57. The van der Waals surface area contributed by atoms with Gasteiger partial charge >= 0.3 is 0 Å². The maximum Gasteiger partial charge on any atom is 0.0715 e. The number of hydrogen-bond donors (Lipinski definition) is 1. The molecular formula is C11H25NO. The highest BCUT2D eigenvalue weighted by molar-refractivity contribution is 4.75. The molecule has 0 heterocycles. The van der Waals surface area contributed by atoms with Gasteiger partial charge in [-0.2, -0.15) is 0 Å². The van der Waals surface area contributed by atoms with Crippen LogP contribution in [0.2, 0.25) is 0 Å². The van der Waals surface area contributed by atoms with Crippen molar-refractivity contribution in [3.05, 3.63) is 0 Å². The number of nitrogens with zero attached hydrogens (tertiary/aromatic N) is 1. The average molecular weight is 187 g/mol. The van der Waals surface area contributed by atoms with E-state index >= 15 is 0 Å². The lowest BCUT2D eigenvalue weighted by atomic mass is 9.89. The van der Waals surface area contributed by atoms with Crippen LogP contribution in [-0.2, 0) is 0 Å². The normalized spacial score (nSPS) is 15.0. The molecule has 1 unspecified atom stereocenters. The zero-order chi connectivity index (χ0) is 10.5. The Bertz CT molecular complexity index is 129. The third-order valence-electron chi connectivity index (χ3n) is 2.38. The van der Waals surface area contributed by atoms with Gasteiger partial charge in [0.25, 0.3) is 0 Å². The number of unbranched alkanes of at least 4 members (excludes halogenated alkanes) is 1. The molecular weight excluding hydrogens is 162 g/mol. The standard InChI is InChI=1S/C11H25NO/c1-6-7-8-12(5)9-10(13)11(2,3)4/h10,13H,6-9H2,1-5H3. The van der Waals surface area contributed by atoms with Crippen molar-refractivity contribution in [2.45, 2.75) is 46.6 Å². The molecule has 0 amide bonds. The van der Waals surface area contributed by atoms with Gasteiger partial charge < -0.3 is 10.0 Å². The average Bonchev–Trinajstić information content (AvgIpc) is 1.99. The maximum absolute atomic E-state index is 9.81. The fraction of sp³-hybridized carbons (Fsp3) is 1.00. The summed E-state index contributed by atoms with van der Waals surface area (Å²) < 4.78 is 0. The predicted molar refractivity (Wildman–Crippen MR) is 57.9 cm³/mol. The van der Waals surface area contributed by atoms with Crippen LogP contribution in [-0.4, -0.2) is 36.2 Å². The molecule has 1 atom stereocenters. The minimum absolute atomic E-state index is 0.000471. The fourth-order valence-electron chi connectivity index (χ4n) is 1.09. The van der Waals surface area contributed by atoms with Gasteiger partial charge in [-0.05, 0) is 25.4 Å². The summed E-state index contributed by atoms with van der Waals surface area (Å²) in [4.78, 5) is 2.21. The first kappa shape index (κ1) is 12.9. The maximum atomic E-state index is 9.81. The van der Waals surface area contributed by atoms with Gasteiger partial charge in [-0.25, -0.2) is 0 Å². The van der Waals surface area contributed by atoms with Gasteiger partial charge in [0.15, 0.2) is 0 Å². The van der Waals surface area contributed by atoms with E-state index in [4.69, 9.17) is 0 Å². The number of hydrogen-bond acceptors (Lipinski definition) is 2. The molecule has 0 aromatic carbocycles. The van der Waals surface area contributed by atoms with Crippen LogP contribution in [0.25, 0.3) is 0 Å². The molecule has 80 valence electrons. The summed E-state index contributed by atoms with van der Waals surface area (Å²) in [7, 11) is 2.07. The molecule has 0 rings (SSSR count). The summed E-state index contributed by atoms with van der Waals surface area (Å²) in [6.45, 7) is 10.3. The van der Waals surface area contributed by atoms with Crippen LogP contribution in [0.5, 0.6) is 0 Å². The van der Waals surface area contributed by atoms with E-state index < -0.39 is 0 Å². The minimum Gasteiger partial charge on any atom is -0.391 e. The molecule has 2 heteroatoms. The van der Waals surface area contributed by atoms with Crippen LogP contribution in [0.15, 0.2) is 0 Å². The summed E-state index contributed by atoms with van der Waals surface area (Å²) in [6, 6.07) is 0.